The number of rotatable bonds is 4. The fraction of sp³-hybridized carbons (Fsp3) is 0.438. The fourth-order valence-corrected chi connectivity index (χ4v) is 2.94. The monoisotopic (exact) mass is 290 g/mol. The number of methoxy groups -OCH3 is 2. The van der Waals surface area contributed by atoms with E-state index < -0.39 is 29.1 Å². The number of hydrogen-bond donors (Lipinski definition) is 0. The summed E-state index contributed by atoms with van der Waals surface area (Å²) < 4.78 is 9.48. The Kier molecular flexibility index (Phi) is 4.40. The molecule has 1 aromatic rings. The van der Waals surface area contributed by atoms with E-state index in [2.05, 4.69) is 4.74 Å². The molecule has 0 bridgehead atoms. The first kappa shape index (κ1) is 15.2. The van der Waals surface area contributed by atoms with Gasteiger partial charge in [-0.25, -0.2) is 0 Å². The van der Waals surface area contributed by atoms with Crippen LogP contribution in [0.3, 0.4) is 0 Å². The van der Waals surface area contributed by atoms with Crippen molar-refractivity contribution >= 4 is 17.7 Å². The van der Waals surface area contributed by atoms with Crippen molar-refractivity contribution in [1.82, 2.24) is 0 Å². The standard InChI is InChI=1S/C16H18O5/c1-20-14(18)12-8-9-16(13(12)17,15(19)21-2)10-11-6-4-3-5-7-11/h3-7,12H,8-10H2,1-2H3. The molecule has 0 saturated heterocycles. The van der Waals surface area contributed by atoms with E-state index in [-0.39, 0.29) is 6.42 Å². The topological polar surface area (TPSA) is 69.7 Å². The Morgan fingerprint density at radius 2 is 1.86 bits per heavy atom. The van der Waals surface area contributed by atoms with Crippen molar-refractivity contribution in [3.8, 4) is 0 Å². The maximum absolute atomic E-state index is 12.6. The lowest BCUT2D eigenvalue weighted by molar-refractivity contribution is -0.158. The molecule has 0 amide bonds. The molecule has 0 aliphatic heterocycles. The van der Waals surface area contributed by atoms with Crippen LogP contribution in [0.4, 0.5) is 0 Å². The first-order chi connectivity index (χ1) is 10.0. The van der Waals surface area contributed by atoms with Crippen LogP contribution in [-0.2, 0) is 30.3 Å². The van der Waals surface area contributed by atoms with Gasteiger partial charge < -0.3 is 9.47 Å². The SMILES string of the molecule is COC(=O)C1CCC(Cc2ccccc2)(C(=O)OC)C1=O. The van der Waals surface area contributed by atoms with E-state index in [0.29, 0.717) is 12.8 Å². The van der Waals surface area contributed by atoms with Crippen LogP contribution in [0.15, 0.2) is 30.3 Å². The minimum atomic E-state index is -1.28. The summed E-state index contributed by atoms with van der Waals surface area (Å²) in [6.45, 7) is 0. The quantitative estimate of drug-likeness (QED) is 0.621. The highest BCUT2D eigenvalue weighted by Gasteiger charge is 2.56. The molecular formula is C16H18O5. The largest absolute Gasteiger partial charge is 0.468 e. The summed E-state index contributed by atoms with van der Waals surface area (Å²) >= 11 is 0. The van der Waals surface area contributed by atoms with Gasteiger partial charge in [-0.3, -0.25) is 14.4 Å². The molecule has 0 heterocycles. The molecule has 1 aliphatic carbocycles. The van der Waals surface area contributed by atoms with Gasteiger partial charge in [0.2, 0.25) is 0 Å². The number of carbonyl (C=O) groups is 3. The first-order valence-electron chi connectivity index (χ1n) is 6.79. The highest BCUT2D eigenvalue weighted by Crippen LogP contribution is 2.42. The highest BCUT2D eigenvalue weighted by atomic mass is 16.5. The lowest BCUT2D eigenvalue weighted by Gasteiger charge is -2.24. The highest BCUT2D eigenvalue weighted by molar-refractivity contribution is 6.13. The summed E-state index contributed by atoms with van der Waals surface area (Å²) in [6.07, 6.45) is 0.855. The second-order valence-corrected chi connectivity index (χ2v) is 5.21. The molecule has 112 valence electrons. The van der Waals surface area contributed by atoms with E-state index in [1.807, 2.05) is 30.3 Å². The van der Waals surface area contributed by atoms with Gasteiger partial charge in [0.25, 0.3) is 0 Å². The third-order valence-corrected chi connectivity index (χ3v) is 4.06. The van der Waals surface area contributed by atoms with E-state index in [4.69, 9.17) is 4.74 Å². The number of ketones is 1. The molecule has 0 spiro atoms. The summed E-state index contributed by atoms with van der Waals surface area (Å²) in [5.74, 6) is -2.44. The molecule has 5 nitrogen and oxygen atoms in total. The molecule has 1 fully saturated rings. The summed E-state index contributed by atoms with van der Waals surface area (Å²) in [6, 6.07) is 9.25. The molecule has 1 saturated carbocycles. The van der Waals surface area contributed by atoms with Gasteiger partial charge in [0.15, 0.2) is 5.78 Å². The van der Waals surface area contributed by atoms with Crippen molar-refractivity contribution in [2.75, 3.05) is 14.2 Å². The van der Waals surface area contributed by atoms with Gasteiger partial charge in [-0.05, 0) is 24.8 Å². The maximum atomic E-state index is 12.6. The summed E-state index contributed by atoms with van der Waals surface area (Å²) in [7, 11) is 2.50. The summed E-state index contributed by atoms with van der Waals surface area (Å²) in [5.41, 5.74) is -0.420. The Morgan fingerprint density at radius 1 is 1.19 bits per heavy atom. The van der Waals surface area contributed by atoms with Crippen LogP contribution in [-0.4, -0.2) is 31.9 Å². The van der Waals surface area contributed by atoms with Crippen LogP contribution in [0.2, 0.25) is 0 Å². The predicted octanol–water partition coefficient (Wildman–Crippen LogP) is 1.54. The lowest BCUT2D eigenvalue weighted by Crippen LogP contribution is -2.41. The third-order valence-electron chi connectivity index (χ3n) is 4.06. The van der Waals surface area contributed by atoms with E-state index in [9.17, 15) is 14.4 Å². The lowest BCUT2D eigenvalue weighted by atomic mass is 9.78. The van der Waals surface area contributed by atoms with Crippen molar-refractivity contribution in [2.24, 2.45) is 11.3 Å². The van der Waals surface area contributed by atoms with E-state index in [1.165, 1.54) is 14.2 Å². The fourth-order valence-electron chi connectivity index (χ4n) is 2.94. The zero-order valence-corrected chi connectivity index (χ0v) is 12.1. The number of ether oxygens (including phenoxy) is 2. The smallest absolute Gasteiger partial charge is 0.319 e. The van der Waals surface area contributed by atoms with Gasteiger partial charge in [-0.15, -0.1) is 0 Å². The average Bonchev–Trinajstić information content (AvgIpc) is 2.85. The molecule has 0 radical (unpaired) electrons. The number of hydrogen-bond acceptors (Lipinski definition) is 5. The van der Waals surface area contributed by atoms with Crippen LogP contribution < -0.4 is 0 Å². The minimum absolute atomic E-state index is 0.243. The normalized spacial score (nSPS) is 24.7. The number of carbonyl (C=O) groups excluding carboxylic acids is 3. The van der Waals surface area contributed by atoms with Crippen LogP contribution in [0.5, 0.6) is 0 Å². The molecular weight excluding hydrogens is 272 g/mol. The van der Waals surface area contributed by atoms with Gasteiger partial charge >= 0.3 is 11.9 Å². The predicted molar refractivity (Wildman–Crippen MR) is 74.3 cm³/mol. The van der Waals surface area contributed by atoms with Crippen molar-refractivity contribution in [3.05, 3.63) is 35.9 Å². The molecule has 2 rings (SSSR count). The van der Waals surface area contributed by atoms with Crippen LogP contribution in [0, 0.1) is 11.3 Å². The maximum Gasteiger partial charge on any atom is 0.319 e. The summed E-state index contributed by atoms with van der Waals surface area (Å²) in [5, 5.41) is 0. The van der Waals surface area contributed by atoms with Crippen LogP contribution in [0.1, 0.15) is 18.4 Å². The third kappa shape index (κ3) is 2.68. The van der Waals surface area contributed by atoms with Gasteiger partial charge in [0, 0.05) is 0 Å². The molecule has 2 unspecified atom stereocenters. The Morgan fingerprint density at radius 3 is 2.43 bits per heavy atom. The van der Waals surface area contributed by atoms with Crippen LogP contribution >= 0.6 is 0 Å². The molecule has 2 atom stereocenters. The molecule has 21 heavy (non-hydrogen) atoms. The van der Waals surface area contributed by atoms with Crippen molar-refractivity contribution in [3.63, 3.8) is 0 Å². The number of benzene rings is 1. The Balaban J connectivity index is 2.34. The van der Waals surface area contributed by atoms with E-state index in [1.54, 1.807) is 0 Å². The second-order valence-electron chi connectivity index (χ2n) is 5.21. The van der Waals surface area contributed by atoms with Crippen LogP contribution in [0.25, 0.3) is 0 Å². The van der Waals surface area contributed by atoms with Crippen molar-refractivity contribution in [2.45, 2.75) is 19.3 Å². The Labute approximate surface area is 123 Å². The number of Topliss-reactive ketones (excluding diaryl/α,β-unsaturated/α-hetero) is 1. The molecule has 0 N–H and O–H groups in total. The van der Waals surface area contributed by atoms with Crippen molar-refractivity contribution < 1.29 is 23.9 Å². The van der Waals surface area contributed by atoms with Gasteiger partial charge in [-0.1, -0.05) is 30.3 Å². The number of esters is 2. The van der Waals surface area contributed by atoms with E-state index >= 15 is 0 Å². The van der Waals surface area contributed by atoms with Crippen molar-refractivity contribution in [1.29, 1.82) is 0 Å². The Hall–Kier alpha value is -2.17. The first-order valence-corrected chi connectivity index (χ1v) is 6.79. The van der Waals surface area contributed by atoms with Gasteiger partial charge in [-0.2, -0.15) is 0 Å². The van der Waals surface area contributed by atoms with Gasteiger partial charge in [0.1, 0.15) is 11.3 Å². The zero-order chi connectivity index (χ0) is 15.5. The molecule has 1 aliphatic rings. The second kappa shape index (κ2) is 6.08. The average molecular weight is 290 g/mol. The Bertz CT molecular complexity index is 551. The van der Waals surface area contributed by atoms with E-state index in [0.717, 1.165) is 5.56 Å². The summed E-state index contributed by atoms with van der Waals surface area (Å²) in [4.78, 5) is 36.5. The minimum Gasteiger partial charge on any atom is -0.468 e. The van der Waals surface area contributed by atoms with Gasteiger partial charge in [0.05, 0.1) is 14.2 Å². The zero-order valence-electron chi connectivity index (χ0n) is 12.1. The molecule has 5 heteroatoms. The molecule has 1 aromatic carbocycles. The molecule has 0 aromatic heterocycles.